The molecule has 164 valence electrons. The third kappa shape index (κ3) is 4.14. The first-order chi connectivity index (χ1) is 13.7. The summed E-state index contributed by atoms with van der Waals surface area (Å²) in [7, 11) is 1.34. The van der Waals surface area contributed by atoms with Gasteiger partial charge < -0.3 is 8.95 Å². The number of carbonyl (C=O) groups excluding carboxylic acids is 2. The molecule has 2 aromatic rings. The van der Waals surface area contributed by atoms with Crippen LogP contribution in [0.1, 0.15) is 51.9 Å². The molecule has 1 aliphatic rings. The summed E-state index contributed by atoms with van der Waals surface area (Å²) in [4.78, 5) is 31.0. The number of nitrogens with zero attached hydrogens (tertiary/aromatic N) is 4. The number of carbonyl (C=O) groups is 2. The number of likely N-dealkylation sites (N-methyl/N-ethyl adjacent to an activating group) is 1. The second-order valence-corrected chi connectivity index (χ2v) is 10.4. The zero-order valence-corrected chi connectivity index (χ0v) is 18.5. The molecule has 1 fully saturated rings. The highest BCUT2D eigenvalue weighted by Crippen LogP contribution is 2.34. The van der Waals surface area contributed by atoms with Crippen molar-refractivity contribution in [1.82, 2.24) is 19.0 Å². The number of urea groups is 1. The molecule has 0 bridgehead atoms. The Hall–Kier alpha value is -2.24. The molecule has 3 heterocycles. The highest BCUT2D eigenvalue weighted by Gasteiger charge is 2.37. The minimum Gasteiger partial charge on any atom is -0.598 e. The van der Waals surface area contributed by atoms with Gasteiger partial charge in [0.2, 0.25) is 5.91 Å². The second kappa shape index (κ2) is 7.47. The number of anilines is 1. The molecule has 0 aliphatic carbocycles. The van der Waals surface area contributed by atoms with E-state index in [1.54, 1.807) is 13.1 Å². The standard InChI is InChI=1S/C19H25F2N5O3S/c1-11(23-30(29)18(2,3)4)13-9-25-8-12(19(5,20)21)7-14(16(25)22-13)26-10-15(27)24(6)17(26)28/h7-9,11,23H,10H2,1-6H3/t11-,30-/m1/s1. The van der Waals surface area contributed by atoms with Gasteiger partial charge in [-0.3, -0.25) is 14.6 Å². The van der Waals surface area contributed by atoms with Crippen molar-refractivity contribution >= 4 is 34.6 Å². The van der Waals surface area contributed by atoms with Crippen molar-refractivity contribution in [3.8, 4) is 0 Å². The first kappa shape index (κ1) is 22.4. The van der Waals surface area contributed by atoms with Gasteiger partial charge in [0.25, 0.3) is 5.92 Å². The molecule has 0 aromatic carbocycles. The Morgan fingerprint density at radius 1 is 1.23 bits per heavy atom. The van der Waals surface area contributed by atoms with Crippen LogP contribution in [-0.2, 0) is 22.1 Å². The number of hydrogen-bond donors (Lipinski definition) is 1. The quantitative estimate of drug-likeness (QED) is 0.569. The molecular formula is C19H25F2N5O3S. The number of imidazole rings is 1. The lowest BCUT2D eigenvalue weighted by Gasteiger charge is -2.25. The van der Waals surface area contributed by atoms with Crippen molar-refractivity contribution < 1.29 is 22.9 Å². The number of hydrogen-bond acceptors (Lipinski definition) is 5. The molecule has 3 rings (SSSR count). The molecule has 2 aromatic heterocycles. The van der Waals surface area contributed by atoms with Gasteiger partial charge in [-0.05, 0) is 33.8 Å². The smallest absolute Gasteiger partial charge is 0.331 e. The lowest BCUT2D eigenvalue weighted by atomic mass is 10.1. The van der Waals surface area contributed by atoms with Crippen molar-refractivity contribution in [2.24, 2.45) is 0 Å². The maximum atomic E-state index is 14.1. The summed E-state index contributed by atoms with van der Waals surface area (Å²) in [6.45, 7) is 7.74. The lowest BCUT2D eigenvalue weighted by molar-refractivity contribution is -0.123. The van der Waals surface area contributed by atoms with Gasteiger partial charge in [-0.25, -0.2) is 18.6 Å². The number of nitrogens with one attached hydrogen (secondary N) is 1. The number of imide groups is 1. The Balaban J connectivity index is 2.09. The molecule has 2 atom stereocenters. The normalized spacial score (nSPS) is 17.9. The predicted octanol–water partition coefficient (Wildman–Crippen LogP) is 2.96. The van der Waals surface area contributed by atoms with Crippen LogP contribution < -0.4 is 9.62 Å². The highest BCUT2D eigenvalue weighted by atomic mass is 32.2. The van der Waals surface area contributed by atoms with Gasteiger partial charge >= 0.3 is 6.03 Å². The van der Waals surface area contributed by atoms with E-state index in [0.29, 0.717) is 5.69 Å². The summed E-state index contributed by atoms with van der Waals surface area (Å²) < 4.78 is 44.5. The number of aromatic nitrogens is 2. The largest absolute Gasteiger partial charge is 0.598 e. The first-order valence-corrected chi connectivity index (χ1v) is 10.5. The van der Waals surface area contributed by atoms with Gasteiger partial charge in [-0.1, -0.05) is 0 Å². The van der Waals surface area contributed by atoms with Crippen LogP contribution in [0.2, 0.25) is 0 Å². The van der Waals surface area contributed by atoms with Crippen LogP contribution in [0, 0.1) is 0 Å². The topological polar surface area (TPSA) is 93.0 Å². The molecule has 8 nitrogen and oxygen atoms in total. The average Bonchev–Trinajstić information content (AvgIpc) is 3.16. The van der Waals surface area contributed by atoms with E-state index < -0.39 is 40.0 Å². The number of amides is 3. The molecular weight excluding hydrogens is 416 g/mol. The number of halogens is 2. The monoisotopic (exact) mass is 441 g/mol. The zero-order chi connectivity index (χ0) is 22.6. The number of pyridine rings is 1. The van der Waals surface area contributed by atoms with Crippen molar-refractivity contribution in [1.29, 1.82) is 0 Å². The van der Waals surface area contributed by atoms with Crippen molar-refractivity contribution in [2.75, 3.05) is 18.5 Å². The van der Waals surface area contributed by atoms with Crippen molar-refractivity contribution in [2.45, 2.75) is 51.3 Å². The molecule has 0 radical (unpaired) electrons. The molecule has 11 heteroatoms. The van der Waals surface area contributed by atoms with Crippen LogP contribution in [-0.4, -0.2) is 49.1 Å². The fourth-order valence-corrected chi connectivity index (χ4v) is 3.72. The maximum absolute atomic E-state index is 14.1. The van der Waals surface area contributed by atoms with Gasteiger partial charge in [0, 0.05) is 43.3 Å². The minimum absolute atomic E-state index is 0.118. The van der Waals surface area contributed by atoms with E-state index in [1.807, 2.05) is 20.8 Å². The van der Waals surface area contributed by atoms with Gasteiger partial charge in [-0.2, -0.15) is 0 Å². The Kier molecular flexibility index (Phi) is 5.59. The Labute approximate surface area is 176 Å². The van der Waals surface area contributed by atoms with Crippen molar-refractivity contribution in [3.05, 3.63) is 29.7 Å². The Morgan fingerprint density at radius 3 is 2.37 bits per heavy atom. The third-order valence-electron chi connectivity index (χ3n) is 4.82. The molecule has 1 N–H and O–H groups in total. The van der Waals surface area contributed by atoms with Gasteiger partial charge in [0.15, 0.2) is 5.65 Å². The Bertz CT molecular complexity index is 998. The fourth-order valence-electron chi connectivity index (χ4n) is 2.93. The van der Waals surface area contributed by atoms with Gasteiger partial charge in [0.1, 0.15) is 11.3 Å². The van der Waals surface area contributed by atoms with Crippen LogP contribution in [0.3, 0.4) is 0 Å². The summed E-state index contributed by atoms with van der Waals surface area (Å²) in [5.41, 5.74) is 0.524. The fraction of sp³-hybridized carbons (Fsp3) is 0.526. The number of rotatable bonds is 5. The molecule has 0 spiro atoms. The highest BCUT2D eigenvalue weighted by molar-refractivity contribution is 7.90. The molecule has 1 saturated heterocycles. The van der Waals surface area contributed by atoms with Crippen LogP contribution in [0.5, 0.6) is 0 Å². The molecule has 3 amide bonds. The number of fused-ring (bicyclic) bond motifs is 1. The summed E-state index contributed by atoms with van der Waals surface area (Å²) in [6, 6.07) is 0.131. The SMILES string of the molecule is C[C@@H](N[S@+]([O-])C(C)(C)C)c1cn2cc(C(C)(F)F)cc(N3CC(=O)N(C)C3=O)c2n1. The summed E-state index contributed by atoms with van der Waals surface area (Å²) in [5.74, 6) is -3.60. The van der Waals surface area contributed by atoms with Crippen molar-refractivity contribution in [3.63, 3.8) is 0 Å². The van der Waals surface area contributed by atoms with E-state index in [1.165, 1.54) is 23.7 Å². The van der Waals surface area contributed by atoms with Gasteiger partial charge in [-0.15, -0.1) is 4.72 Å². The van der Waals surface area contributed by atoms with Crippen LogP contribution in [0.15, 0.2) is 18.5 Å². The van der Waals surface area contributed by atoms with E-state index in [4.69, 9.17) is 0 Å². The molecule has 0 unspecified atom stereocenters. The number of alkyl halides is 2. The predicted molar refractivity (Wildman–Crippen MR) is 110 cm³/mol. The van der Waals surface area contributed by atoms with Crippen LogP contribution in [0.25, 0.3) is 5.65 Å². The Morgan fingerprint density at radius 2 is 1.87 bits per heavy atom. The third-order valence-corrected chi connectivity index (χ3v) is 6.50. The van der Waals surface area contributed by atoms with Gasteiger partial charge in [0.05, 0.1) is 17.4 Å². The summed E-state index contributed by atoms with van der Waals surface area (Å²) in [6.07, 6.45) is 2.80. The lowest BCUT2D eigenvalue weighted by Crippen LogP contribution is -2.40. The molecule has 30 heavy (non-hydrogen) atoms. The van der Waals surface area contributed by atoms with E-state index in [2.05, 4.69) is 9.71 Å². The van der Waals surface area contributed by atoms with E-state index in [9.17, 15) is 22.9 Å². The minimum atomic E-state index is -3.16. The van der Waals surface area contributed by atoms with E-state index in [-0.39, 0.29) is 23.4 Å². The second-order valence-electron chi connectivity index (χ2n) is 8.44. The molecule has 0 saturated carbocycles. The summed E-state index contributed by atoms with van der Waals surface area (Å²) in [5, 5.41) is 0. The van der Waals surface area contributed by atoms with Crippen LogP contribution in [0.4, 0.5) is 19.3 Å². The average molecular weight is 442 g/mol. The first-order valence-electron chi connectivity index (χ1n) is 9.37. The maximum Gasteiger partial charge on any atom is 0.331 e. The van der Waals surface area contributed by atoms with E-state index >= 15 is 0 Å². The zero-order valence-electron chi connectivity index (χ0n) is 17.7. The van der Waals surface area contributed by atoms with E-state index in [0.717, 1.165) is 16.7 Å². The summed E-state index contributed by atoms with van der Waals surface area (Å²) >= 11 is -1.37. The molecule has 1 aliphatic heterocycles. The van der Waals surface area contributed by atoms with Crippen LogP contribution >= 0.6 is 0 Å².